The van der Waals surface area contributed by atoms with E-state index in [2.05, 4.69) is 10.3 Å². The summed E-state index contributed by atoms with van der Waals surface area (Å²) in [5, 5.41) is 14.3. The fourth-order valence-electron chi connectivity index (χ4n) is 2.73. The molecule has 0 bridgehead atoms. The van der Waals surface area contributed by atoms with E-state index >= 15 is 0 Å². The fourth-order valence-corrected chi connectivity index (χ4v) is 3.60. The van der Waals surface area contributed by atoms with Gasteiger partial charge in [0.2, 0.25) is 0 Å². The van der Waals surface area contributed by atoms with Crippen LogP contribution in [0.3, 0.4) is 0 Å². The third-order valence-electron chi connectivity index (χ3n) is 4.07. The van der Waals surface area contributed by atoms with E-state index in [-0.39, 0.29) is 12.1 Å². The SMILES string of the molecule is Cc1ccccc1C(CC(=O)O)NC(=O)c1csc(-c2ccoc2C)n1. The fraction of sp³-hybridized carbons (Fsp3) is 0.211. The lowest BCUT2D eigenvalue weighted by molar-refractivity contribution is -0.137. The lowest BCUT2D eigenvalue weighted by Gasteiger charge is -2.18. The summed E-state index contributed by atoms with van der Waals surface area (Å²) in [5.74, 6) is -0.648. The Bertz CT molecular complexity index is 944. The van der Waals surface area contributed by atoms with Crippen LogP contribution in [0.5, 0.6) is 0 Å². The summed E-state index contributed by atoms with van der Waals surface area (Å²) < 4.78 is 5.27. The summed E-state index contributed by atoms with van der Waals surface area (Å²) in [7, 11) is 0. The first-order valence-corrected chi connectivity index (χ1v) is 8.92. The first kappa shape index (κ1) is 17.9. The van der Waals surface area contributed by atoms with Crippen LogP contribution in [0.25, 0.3) is 10.6 Å². The second-order valence-corrected chi connectivity index (χ2v) is 6.77. The van der Waals surface area contributed by atoms with Gasteiger partial charge in [0.05, 0.1) is 24.3 Å². The van der Waals surface area contributed by atoms with Crippen LogP contribution in [-0.2, 0) is 4.79 Å². The number of benzene rings is 1. The molecule has 0 spiro atoms. The molecule has 0 saturated heterocycles. The zero-order valence-corrected chi connectivity index (χ0v) is 15.2. The summed E-state index contributed by atoms with van der Waals surface area (Å²) in [4.78, 5) is 28.2. The van der Waals surface area contributed by atoms with Gasteiger partial charge in [-0.15, -0.1) is 11.3 Å². The minimum absolute atomic E-state index is 0.200. The number of hydrogen-bond acceptors (Lipinski definition) is 5. The maximum atomic E-state index is 12.6. The lowest BCUT2D eigenvalue weighted by atomic mass is 9.98. The van der Waals surface area contributed by atoms with Crippen LogP contribution < -0.4 is 5.32 Å². The normalized spacial score (nSPS) is 11.9. The molecule has 1 amide bonds. The number of nitrogens with one attached hydrogen (secondary N) is 1. The molecule has 1 aromatic carbocycles. The molecule has 0 radical (unpaired) electrons. The highest BCUT2D eigenvalue weighted by molar-refractivity contribution is 7.13. The Morgan fingerprint density at radius 1 is 1.27 bits per heavy atom. The highest BCUT2D eigenvalue weighted by Gasteiger charge is 2.22. The van der Waals surface area contributed by atoms with Gasteiger partial charge in [-0.05, 0) is 31.0 Å². The predicted molar refractivity (Wildman–Crippen MR) is 98.2 cm³/mol. The number of furan rings is 1. The molecule has 2 N–H and O–H groups in total. The average molecular weight is 370 g/mol. The summed E-state index contributed by atoms with van der Waals surface area (Å²) >= 11 is 1.34. The summed E-state index contributed by atoms with van der Waals surface area (Å²) in [6, 6.07) is 8.59. The summed E-state index contributed by atoms with van der Waals surface area (Å²) in [5.41, 5.74) is 2.81. The van der Waals surface area contributed by atoms with Crippen LogP contribution in [0.4, 0.5) is 0 Å². The maximum absolute atomic E-state index is 12.6. The number of carboxylic acid groups (broad SMARTS) is 1. The third kappa shape index (κ3) is 3.83. The van der Waals surface area contributed by atoms with Crippen LogP contribution in [0.1, 0.15) is 39.8 Å². The Kier molecular flexibility index (Phi) is 5.18. The van der Waals surface area contributed by atoms with Crippen molar-refractivity contribution in [3.63, 3.8) is 0 Å². The molecule has 2 aromatic heterocycles. The van der Waals surface area contributed by atoms with Gasteiger partial charge in [-0.25, -0.2) is 4.98 Å². The number of aryl methyl sites for hydroxylation is 2. The van der Waals surface area contributed by atoms with Crippen LogP contribution in [-0.4, -0.2) is 22.0 Å². The van der Waals surface area contributed by atoms with Crippen LogP contribution in [0, 0.1) is 13.8 Å². The van der Waals surface area contributed by atoms with Gasteiger partial charge in [0.1, 0.15) is 16.5 Å². The van der Waals surface area contributed by atoms with Crippen molar-refractivity contribution >= 4 is 23.2 Å². The molecule has 0 aliphatic heterocycles. The zero-order chi connectivity index (χ0) is 18.7. The molecule has 1 unspecified atom stereocenters. The van der Waals surface area contributed by atoms with Gasteiger partial charge in [0.15, 0.2) is 0 Å². The molecular weight excluding hydrogens is 352 g/mol. The number of carboxylic acids is 1. The Morgan fingerprint density at radius 2 is 2.04 bits per heavy atom. The molecule has 7 heteroatoms. The molecular formula is C19H18N2O4S. The molecule has 3 aromatic rings. The smallest absolute Gasteiger partial charge is 0.305 e. The van der Waals surface area contributed by atoms with Crippen molar-refractivity contribution < 1.29 is 19.1 Å². The van der Waals surface area contributed by atoms with Crippen LogP contribution >= 0.6 is 11.3 Å². The first-order chi connectivity index (χ1) is 12.5. The Hall–Kier alpha value is -2.93. The van der Waals surface area contributed by atoms with Crippen molar-refractivity contribution in [3.05, 3.63) is 64.6 Å². The van der Waals surface area contributed by atoms with Crippen LogP contribution in [0.15, 0.2) is 46.4 Å². The number of rotatable bonds is 6. The quantitative estimate of drug-likeness (QED) is 0.685. The molecule has 0 aliphatic rings. The van der Waals surface area contributed by atoms with Crippen molar-refractivity contribution in [2.75, 3.05) is 0 Å². The monoisotopic (exact) mass is 370 g/mol. The molecule has 0 fully saturated rings. The standard InChI is InChI=1S/C19H18N2O4S/c1-11-5-3-4-6-13(11)15(9-17(22)23)20-18(24)16-10-26-19(21-16)14-7-8-25-12(14)2/h3-8,10,15H,9H2,1-2H3,(H,20,24)(H,22,23). The number of nitrogens with zero attached hydrogens (tertiary/aromatic N) is 1. The first-order valence-electron chi connectivity index (χ1n) is 8.04. The van der Waals surface area contributed by atoms with Gasteiger partial charge in [-0.3, -0.25) is 9.59 Å². The molecule has 1 atom stereocenters. The van der Waals surface area contributed by atoms with Gasteiger partial charge in [-0.1, -0.05) is 24.3 Å². The van der Waals surface area contributed by atoms with E-state index in [9.17, 15) is 14.7 Å². The van der Waals surface area contributed by atoms with E-state index in [1.54, 1.807) is 17.7 Å². The molecule has 0 saturated carbocycles. The largest absolute Gasteiger partial charge is 0.481 e. The van der Waals surface area contributed by atoms with Crippen molar-refractivity contribution in [2.24, 2.45) is 0 Å². The van der Waals surface area contributed by atoms with Crippen molar-refractivity contribution in [1.29, 1.82) is 0 Å². The topological polar surface area (TPSA) is 92.4 Å². The summed E-state index contributed by atoms with van der Waals surface area (Å²) in [6.45, 7) is 3.72. The third-order valence-corrected chi connectivity index (χ3v) is 4.95. The van der Waals surface area contributed by atoms with E-state index in [1.165, 1.54) is 11.3 Å². The number of amides is 1. The Morgan fingerprint density at radius 3 is 2.69 bits per heavy atom. The van der Waals surface area contributed by atoms with Gasteiger partial charge < -0.3 is 14.8 Å². The number of carbonyl (C=O) groups excluding carboxylic acids is 1. The molecule has 0 aliphatic carbocycles. The van der Waals surface area contributed by atoms with Crippen LogP contribution in [0.2, 0.25) is 0 Å². The number of aromatic nitrogens is 1. The minimum Gasteiger partial charge on any atom is -0.481 e. The number of thiazole rings is 1. The molecule has 6 nitrogen and oxygen atoms in total. The lowest BCUT2D eigenvalue weighted by Crippen LogP contribution is -2.30. The van der Waals surface area contributed by atoms with Gasteiger partial charge in [0, 0.05) is 5.38 Å². The van der Waals surface area contributed by atoms with Crippen molar-refractivity contribution in [1.82, 2.24) is 10.3 Å². The van der Waals surface area contributed by atoms with E-state index in [0.717, 1.165) is 22.5 Å². The van der Waals surface area contributed by atoms with Gasteiger partial charge in [0.25, 0.3) is 5.91 Å². The predicted octanol–water partition coefficient (Wildman–Crippen LogP) is 3.97. The van der Waals surface area contributed by atoms with E-state index in [0.29, 0.717) is 5.01 Å². The maximum Gasteiger partial charge on any atom is 0.305 e. The number of carbonyl (C=O) groups is 2. The average Bonchev–Trinajstić information content (AvgIpc) is 3.23. The number of hydrogen-bond donors (Lipinski definition) is 2. The highest BCUT2D eigenvalue weighted by Crippen LogP contribution is 2.28. The number of aliphatic carboxylic acids is 1. The van der Waals surface area contributed by atoms with Crippen molar-refractivity contribution in [2.45, 2.75) is 26.3 Å². The van der Waals surface area contributed by atoms with Gasteiger partial charge in [-0.2, -0.15) is 0 Å². The highest BCUT2D eigenvalue weighted by atomic mass is 32.1. The molecule has 26 heavy (non-hydrogen) atoms. The second-order valence-electron chi connectivity index (χ2n) is 5.91. The van der Waals surface area contributed by atoms with Crippen molar-refractivity contribution in [3.8, 4) is 10.6 Å². The second kappa shape index (κ2) is 7.53. The minimum atomic E-state index is -0.980. The van der Waals surface area contributed by atoms with E-state index < -0.39 is 17.9 Å². The molecule has 2 heterocycles. The summed E-state index contributed by atoms with van der Waals surface area (Å²) in [6.07, 6.45) is 1.38. The van der Waals surface area contributed by atoms with E-state index in [1.807, 2.05) is 38.1 Å². The Balaban J connectivity index is 1.82. The Labute approximate surface area is 154 Å². The van der Waals surface area contributed by atoms with E-state index in [4.69, 9.17) is 4.42 Å². The zero-order valence-electron chi connectivity index (χ0n) is 14.4. The van der Waals surface area contributed by atoms with Gasteiger partial charge >= 0.3 is 5.97 Å². The molecule has 3 rings (SSSR count). The molecule has 134 valence electrons.